The Labute approximate surface area is 124 Å². The molecule has 0 aromatic carbocycles. The number of aromatic nitrogens is 1. The first-order valence-electron chi connectivity index (χ1n) is 6.12. The van der Waals surface area contributed by atoms with E-state index in [2.05, 4.69) is 20.9 Å². The van der Waals surface area contributed by atoms with Gasteiger partial charge in [-0.1, -0.05) is 0 Å². The van der Waals surface area contributed by atoms with Crippen LogP contribution in [-0.2, 0) is 0 Å². The number of β-amino-alcohol motifs (C(OH)–C–C–N with tert-alkyl or cyclic N) is 1. The van der Waals surface area contributed by atoms with E-state index in [1.807, 2.05) is 4.90 Å². The lowest BCUT2D eigenvalue weighted by atomic mass is 10.3. The molecule has 1 aromatic heterocycles. The zero-order chi connectivity index (χ0) is 14.7. The molecule has 7 nitrogen and oxygen atoms in total. The van der Waals surface area contributed by atoms with Gasteiger partial charge in [-0.15, -0.1) is 0 Å². The molecular weight excluding hydrogens is 330 g/mol. The van der Waals surface area contributed by atoms with Crippen molar-refractivity contribution in [2.45, 2.75) is 6.10 Å². The number of amides is 1. The fourth-order valence-corrected chi connectivity index (χ4v) is 2.46. The fraction of sp³-hybridized carbons (Fsp3) is 0.500. The number of halogens is 1. The summed E-state index contributed by atoms with van der Waals surface area (Å²) in [4.78, 5) is 18.4. The van der Waals surface area contributed by atoms with Crippen LogP contribution in [0.15, 0.2) is 16.7 Å². The molecule has 2 N–H and O–H groups in total. The van der Waals surface area contributed by atoms with Crippen molar-refractivity contribution >= 4 is 27.8 Å². The summed E-state index contributed by atoms with van der Waals surface area (Å²) >= 11 is 3.30. The first-order valence-corrected chi connectivity index (χ1v) is 6.92. The van der Waals surface area contributed by atoms with Gasteiger partial charge in [-0.05, 0) is 28.1 Å². The van der Waals surface area contributed by atoms with Gasteiger partial charge in [-0.2, -0.15) is 0 Å². The van der Waals surface area contributed by atoms with Gasteiger partial charge >= 0.3 is 6.09 Å². The molecule has 1 fully saturated rings. The smallest absolute Gasteiger partial charge is 0.407 e. The summed E-state index contributed by atoms with van der Waals surface area (Å²) in [6.45, 7) is 1.17. The summed E-state index contributed by atoms with van der Waals surface area (Å²) in [7, 11) is 1.55. The number of anilines is 1. The number of carboxylic acid groups (broad SMARTS) is 1. The van der Waals surface area contributed by atoms with E-state index < -0.39 is 12.2 Å². The Kier molecular flexibility index (Phi) is 4.66. The second-order valence-corrected chi connectivity index (χ2v) is 5.30. The first-order chi connectivity index (χ1) is 9.51. The van der Waals surface area contributed by atoms with E-state index in [1.165, 1.54) is 4.90 Å². The van der Waals surface area contributed by atoms with Gasteiger partial charge in [0.15, 0.2) is 11.6 Å². The summed E-state index contributed by atoms with van der Waals surface area (Å²) in [5, 5.41) is 19.0. The van der Waals surface area contributed by atoms with Crippen LogP contribution < -0.4 is 9.64 Å². The molecule has 8 heteroatoms. The zero-order valence-corrected chi connectivity index (χ0v) is 12.6. The fourth-order valence-electron chi connectivity index (χ4n) is 2.16. The Hall–Kier alpha value is -1.54. The predicted molar refractivity (Wildman–Crippen MR) is 76.3 cm³/mol. The van der Waals surface area contributed by atoms with Crippen LogP contribution in [0.2, 0.25) is 0 Å². The van der Waals surface area contributed by atoms with E-state index in [0.717, 1.165) is 0 Å². The topological polar surface area (TPSA) is 86.1 Å². The lowest BCUT2D eigenvalue weighted by Gasteiger charge is -2.24. The molecule has 1 aliphatic heterocycles. The maximum absolute atomic E-state index is 11.0. The maximum atomic E-state index is 11.0. The lowest BCUT2D eigenvalue weighted by Crippen LogP contribution is -2.36. The molecule has 2 rings (SSSR count). The van der Waals surface area contributed by atoms with Gasteiger partial charge in [0.2, 0.25) is 0 Å². The molecule has 1 atom stereocenters. The van der Waals surface area contributed by atoms with Gasteiger partial charge in [0, 0.05) is 19.6 Å². The molecule has 110 valence electrons. The largest absolute Gasteiger partial charge is 0.493 e. The van der Waals surface area contributed by atoms with Crippen molar-refractivity contribution in [3.8, 4) is 5.75 Å². The van der Waals surface area contributed by atoms with E-state index in [4.69, 9.17) is 9.84 Å². The second kappa shape index (κ2) is 6.27. The number of nitrogens with zero attached hydrogens (tertiary/aromatic N) is 3. The predicted octanol–water partition coefficient (Wildman–Crippen LogP) is 1.01. The lowest BCUT2D eigenvalue weighted by molar-refractivity contribution is 0.110. The third-order valence-corrected chi connectivity index (χ3v) is 3.54. The Morgan fingerprint density at radius 1 is 1.45 bits per heavy atom. The minimum atomic E-state index is -1.03. The molecule has 0 radical (unpaired) electrons. The standard InChI is InChI=1S/C12H16BrN3O4/c1-20-9-2-3-10(13)14-11(9)15-4-5-16(12(18)19)7-8(17)6-15/h2-3,8,17H,4-7H2,1H3,(H,18,19). The molecule has 1 aromatic rings. The van der Waals surface area contributed by atoms with Crippen molar-refractivity contribution in [3.63, 3.8) is 0 Å². The third kappa shape index (κ3) is 3.31. The summed E-state index contributed by atoms with van der Waals surface area (Å²) in [5.74, 6) is 1.18. The van der Waals surface area contributed by atoms with Crippen LogP contribution in [0.1, 0.15) is 0 Å². The Balaban J connectivity index is 2.24. The average molecular weight is 346 g/mol. The number of aliphatic hydroxyl groups is 1. The highest BCUT2D eigenvalue weighted by Crippen LogP contribution is 2.28. The quantitative estimate of drug-likeness (QED) is 0.778. The molecule has 1 unspecified atom stereocenters. The number of aliphatic hydroxyl groups excluding tert-OH is 1. The van der Waals surface area contributed by atoms with Gasteiger partial charge in [0.25, 0.3) is 0 Å². The number of hydrogen-bond acceptors (Lipinski definition) is 5. The van der Waals surface area contributed by atoms with Gasteiger partial charge in [0.05, 0.1) is 19.8 Å². The molecule has 2 heterocycles. The zero-order valence-electron chi connectivity index (χ0n) is 11.0. The van der Waals surface area contributed by atoms with Crippen LogP contribution in [0.4, 0.5) is 10.6 Å². The molecule has 0 aliphatic carbocycles. The first kappa shape index (κ1) is 14.9. The van der Waals surface area contributed by atoms with Crippen molar-refractivity contribution < 1.29 is 19.7 Å². The number of carbonyl (C=O) groups is 1. The summed E-state index contributed by atoms with van der Waals surface area (Å²) < 4.78 is 5.92. The van der Waals surface area contributed by atoms with Crippen LogP contribution in [0.5, 0.6) is 5.75 Å². The Bertz CT molecular complexity index is 500. The number of pyridine rings is 1. The average Bonchev–Trinajstić information content (AvgIpc) is 2.60. The maximum Gasteiger partial charge on any atom is 0.407 e. The Morgan fingerprint density at radius 2 is 2.20 bits per heavy atom. The molecule has 1 amide bonds. The van der Waals surface area contributed by atoms with E-state index in [1.54, 1.807) is 19.2 Å². The van der Waals surface area contributed by atoms with Crippen LogP contribution >= 0.6 is 15.9 Å². The minimum Gasteiger partial charge on any atom is -0.493 e. The summed E-state index contributed by atoms with van der Waals surface area (Å²) in [5.41, 5.74) is 0. The highest BCUT2D eigenvalue weighted by Gasteiger charge is 2.26. The van der Waals surface area contributed by atoms with E-state index in [9.17, 15) is 9.90 Å². The van der Waals surface area contributed by atoms with Crippen molar-refractivity contribution in [1.82, 2.24) is 9.88 Å². The highest BCUT2D eigenvalue weighted by molar-refractivity contribution is 9.10. The van der Waals surface area contributed by atoms with Gasteiger partial charge in [0.1, 0.15) is 4.60 Å². The molecular formula is C12H16BrN3O4. The van der Waals surface area contributed by atoms with E-state index in [0.29, 0.717) is 35.8 Å². The normalized spacial score (nSPS) is 19.6. The van der Waals surface area contributed by atoms with Gasteiger partial charge < -0.3 is 24.7 Å². The van der Waals surface area contributed by atoms with Gasteiger partial charge in [-0.3, -0.25) is 0 Å². The van der Waals surface area contributed by atoms with Gasteiger partial charge in [-0.25, -0.2) is 9.78 Å². The minimum absolute atomic E-state index is 0.0994. The molecule has 0 spiro atoms. The monoisotopic (exact) mass is 345 g/mol. The number of hydrogen-bond donors (Lipinski definition) is 2. The highest BCUT2D eigenvalue weighted by atomic mass is 79.9. The van der Waals surface area contributed by atoms with Crippen LogP contribution in [0, 0.1) is 0 Å². The van der Waals surface area contributed by atoms with Crippen molar-refractivity contribution in [1.29, 1.82) is 0 Å². The third-order valence-electron chi connectivity index (χ3n) is 3.10. The number of methoxy groups -OCH3 is 1. The molecule has 1 aliphatic rings. The van der Waals surface area contributed by atoms with Crippen LogP contribution in [0.25, 0.3) is 0 Å². The van der Waals surface area contributed by atoms with Crippen LogP contribution in [-0.4, -0.2) is 65.6 Å². The molecule has 20 heavy (non-hydrogen) atoms. The Morgan fingerprint density at radius 3 is 2.85 bits per heavy atom. The van der Waals surface area contributed by atoms with E-state index >= 15 is 0 Å². The molecule has 0 bridgehead atoms. The number of ether oxygens (including phenoxy) is 1. The molecule has 1 saturated heterocycles. The summed E-state index contributed by atoms with van der Waals surface area (Å²) in [6.07, 6.45) is -1.79. The van der Waals surface area contributed by atoms with Crippen molar-refractivity contribution in [2.75, 3.05) is 38.2 Å². The van der Waals surface area contributed by atoms with Crippen molar-refractivity contribution in [3.05, 3.63) is 16.7 Å². The molecule has 0 saturated carbocycles. The van der Waals surface area contributed by atoms with Crippen LogP contribution in [0.3, 0.4) is 0 Å². The summed E-state index contributed by atoms with van der Waals surface area (Å²) in [6, 6.07) is 3.54. The SMILES string of the molecule is COc1ccc(Br)nc1N1CCN(C(=O)O)CC(O)C1. The van der Waals surface area contributed by atoms with E-state index in [-0.39, 0.29) is 6.54 Å². The number of rotatable bonds is 2. The second-order valence-electron chi connectivity index (χ2n) is 4.49. The van der Waals surface area contributed by atoms with Crippen molar-refractivity contribution in [2.24, 2.45) is 0 Å².